The summed E-state index contributed by atoms with van der Waals surface area (Å²) in [5.41, 5.74) is 3.91. The van der Waals surface area contributed by atoms with Gasteiger partial charge in [-0.3, -0.25) is 4.79 Å². The lowest BCUT2D eigenvalue weighted by Gasteiger charge is -2.07. The molecule has 0 aliphatic rings. The molecule has 1 aromatic carbocycles. The number of nitrogens with zero attached hydrogens (tertiary/aromatic N) is 1. The fourth-order valence-corrected chi connectivity index (χ4v) is 2.36. The van der Waals surface area contributed by atoms with Crippen LogP contribution >= 0.6 is 0 Å². The fraction of sp³-hybridized carbons (Fsp3) is 0.600. The molecule has 1 amide bonds. The highest BCUT2D eigenvalue weighted by Crippen LogP contribution is 2.14. The summed E-state index contributed by atoms with van der Waals surface area (Å²) >= 11 is 0. The van der Waals surface area contributed by atoms with E-state index < -0.39 is 0 Å². The summed E-state index contributed by atoms with van der Waals surface area (Å²) in [6.45, 7) is 6.65. The van der Waals surface area contributed by atoms with Crippen LogP contribution in [0.3, 0.4) is 0 Å². The number of ether oxygens (including phenoxy) is 1. The highest BCUT2D eigenvalue weighted by Gasteiger charge is 2.04. The molecular weight excluding hydrogens is 300 g/mol. The van der Waals surface area contributed by atoms with Gasteiger partial charge in [0.15, 0.2) is 0 Å². The third kappa shape index (κ3) is 9.33. The average Bonchev–Trinajstić information content (AvgIpc) is 2.58. The van der Waals surface area contributed by atoms with Crippen molar-refractivity contribution in [3.05, 3.63) is 29.8 Å². The summed E-state index contributed by atoms with van der Waals surface area (Å²) in [6, 6.07) is 7.20. The maximum absolute atomic E-state index is 11.8. The van der Waals surface area contributed by atoms with Gasteiger partial charge in [-0.25, -0.2) is 5.43 Å². The van der Waals surface area contributed by atoms with Gasteiger partial charge in [0.05, 0.1) is 6.61 Å². The molecule has 0 aliphatic heterocycles. The molecule has 0 radical (unpaired) electrons. The Hall–Kier alpha value is -1.84. The zero-order valence-corrected chi connectivity index (χ0v) is 15.4. The Morgan fingerprint density at radius 2 is 1.54 bits per heavy atom. The van der Waals surface area contributed by atoms with Crippen LogP contribution in [-0.2, 0) is 0 Å². The number of nitrogens with one attached hydrogen (secondary N) is 1. The van der Waals surface area contributed by atoms with Crippen LogP contribution < -0.4 is 10.2 Å². The zero-order valence-electron chi connectivity index (χ0n) is 15.4. The summed E-state index contributed by atoms with van der Waals surface area (Å²) in [4.78, 5) is 11.8. The predicted molar refractivity (Wildman–Crippen MR) is 101 cm³/mol. The van der Waals surface area contributed by atoms with Crippen molar-refractivity contribution in [1.82, 2.24) is 5.43 Å². The Morgan fingerprint density at radius 1 is 0.958 bits per heavy atom. The third-order valence-corrected chi connectivity index (χ3v) is 3.76. The zero-order chi connectivity index (χ0) is 17.6. The first-order chi connectivity index (χ1) is 11.6. The number of amides is 1. The van der Waals surface area contributed by atoms with Crippen LogP contribution in [0.25, 0.3) is 0 Å². The van der Waals surface area contributed by atoms with Crippen LogP contribution in [0.2, 0.25) is 0 Å². The summed E-state index contributed by atoms with van der Waals surface area (Å²) < 4.78 is 5.72. The molecule has 1 aromatic rings. The van der Waals surface area contributed by atoms with E-state index in [4.69, 9.17) is 4.74 Å². The molecule has 0 atom stereocenters. The van der Waals surface area contributed by atoms with Crippen molar-refractivity contribution in [3.8, 4) is 5.75 Å². The van der Waals surface area contributed by atoms with E-state index in [0.717, 1.165) is 24.5 Å². The largest absolute Gasteiger partial charge is 0.494 e. The standard InChI is InChI=1S/C20H32N2O2/c1-4-5-6-7-8-9-10-11-16-24-19-14-12-18(13-15-19)20(23)22-21-17(2)3/h12-15H,4-11,16H2,1-3H3,(H,22,23). The molecule has 0 unspecified atom stereocenters. The molecule has 0 aromatic heterocycles. The molecule has 0 saturated carbocycles. The van der Waals surface area contributed by atoms with Gasteiger partial charge in [-0.2, -0.15) is 5.10 Å². The average molecular weight is 332 g/mol. The monoisotopic (exact) mass is 332 g/mol. The van der Waals surface area contributed by atoms with E-state index >= 15 is 0 Å². The van der Waals surface area contributed by atoms with Crippen LogP contribution in [-0.4, -0.2) is 18.2 Å². The molecule has 1 rings (SSSR count). The summed E-state index contributed by atoms with van der Waals surface area (Å²) in [5, 5.41) is 3.91. The van der Waals surface area contributed by atoms with Gasteiger partial charge in [0, 0.05) is 11.3 Å². The van der Waals surface area contributed by atoms with E-state index in [0.29, 0.717) is 5.56 Å². The van der Waals surface area contributed by atoms with Crippen molar-refractivity contribution in [2.45, 2.75) is 72.1 Å². The number of rotatable bonds is 12. The van der Waals surface area contributed by atoms with Crippen molar-refractivity contribution in [1.29, 1.82) is 0 Å². The molecule has 1 N–H and O–H groups in total. The van der Waals surface area contributed by atoms with Crippen LogP contribution in [0.5, 0.6) is 5.75 Å². The molecule has 0 fully saturated rings. The maximum Gasteiger partial charge on any atom is 0.271 e. The van der Waals surface area contributed by atoms with Crippen molar-refractivity contribution >= 4 is 11.6 Å². The minimum atomic E-state index is -0.203. The number of hydrazone groups is 1. The van der Waals surface area contributed by atoms with Crippen molar-refractivity contribution in [3.63, 3.8) is 0 Å². The van der Waals surface area contributed by atoms with E-state index in [2.05, 4.69) is 17.5 Å². The Balaban J connectivity index is 2.16. The molecule has 0 spiro atoms. The second-order valence-electron chi connectivity index (χ2n) is 6.35. The van der Waals surface area contributed by atoms with Gasteiger partial charge >= 0.3 is 0 Å². The Morgan fingerprint density at radius 3 is 2.12 bits per heavy atom. The number of carbonyl (C=O) groups excluding carboxylic acids is 1. The Bertz CT molecular complexity index is 491. The van der Waals surface area contributed by atoms with E-state index in [1.54, 1.807) is 12.1 Å². The van der Waals surface area contributed by atoms with Crippen LogP contribution in [0.15, 0.2) is 29.4 Å². The highest BCUT2D eigenvalue weighted by atomic mass is 16.5. The summed E-state index contributed by atoms with van der Waals surface area (Å²) in [6.07, 6.45) is 10.3. The summed E-state index contributed by atoms with van der Waals surface area (Å²) in [5.74, 6) is 0.607. The topological polar surface area (TPSA) is 50.7 Å². The second kappa shape index (κ2) is 12.6. The van der Waals surface area contributed by atoms with Crippen LogP contribution in [0, 0.1) is 0 Å². The van der Waals surface area contributed by atoms with Crippen molar-refractivity contribution in [2.24, 2.45) is 5.10 Å². The quantitative estimate of drug-likeness (QED) is 0.319. The molecule has 4 heteroatoms. The fourth-order valence-electron chi connectivity index (χ4n) is 2.36. The SMILES string of the molecule is CCCCCCCCCCOc1ccc(C(=O)NN=C(C)C)cc1. The van der Waals surface area contributed by atoms with Gasteiger partial charge in [-0.05, 0) is 44.5 Å². The van der Waals surface area contributed by atoms with Crippen molar-refractivity contribution < 1.29 is 9.53 Å². The lowest BCUT2D eigenvalue weighted by atomic mass is 10.1. The lowest BCUT2D eigenvalue weighted by molar-refractivity contribution is 0.0954. The van der Waals surface area contributed by atoms with E-state index in [9.17, 15) is 4.79 Å². The number of hydrogen-bond acceptors (Lipinski definition) is 3. The third-order valence-electron chi connectivity index (χ3n) is 3.76. The number of unbranched alkanes of at least 4 members (excludes halogenated alkanes) is 7. The van der Waals surface area contributed by atoms with Gasteiger partial charge in [-0.1, -0.05) is 51.9 Å². The van der Waals surface area contributed by atoms with Gasteiger partial charge < -0.3 is 4.74 Å². The van der Waals surface area contributed by atoms with Crippen molar-refractivity contribution in [2.75, 3.05) is 6.61 Å². The summed E-state index contributed by atoms with van der Waals surface area (Å²) in [7, 11) is 0. The Labute approximate surface area is 146 Å². The number of benzene rings is 1. The number of hydrogen-bond donors (Lipinski definition) is 1. The van der Waals surface area contributed by atoms with Crippen LogP contribution in [0.1, 0.15) is 82.5 Å². The van der Waals surface area contributed by atoms with Gasteiger partial charge in [0.2, 0.25) is 0 Å². The highest BCUT2D eigenvalue weighted by molar-refractivity contribution is 5.95. The van der Waals surface area contributed by atoms with E-state index in [-0.39, 0.29) is 5.91 Å². The van der Waals surface area contributed by atoms with E-state index in [1.807, 2.05) is 26.0 Å². The van der Waals surface area contributed by atoms with E-state index in [1.165, 1.54) is 44.9 Å². The molecule has 0 heterocycles. The molecule has 0 bridgehead atoms. The minimum absolute atomic E-state index is 0.203. The molecule has 4 nitrogen and oxygen atoms in total. The molecule has 134 valence electrons. The molecule has 24 heavy (non-hydrogen) atoms. The first-order valence-electron chi connectivity index (χ1n) is 9.17. The van der Waals surface area contributed by atoms with Crippen LogP contribution in [0.4, 0.5) is 0 Å². The second-order valence-corrected chi connectivity index (χ2v) is 6.35. The maximum atomic E-state index is 11.8. The first-order valence-corrected chi connectivity index (χ1v) is 9.17. The molecular formula is C20H32N2O2. The lowest BCUT2D eigenvalue weighted by Crippen LogP contribution is -2.18. The molecule has 0 saturated heterocycles. The van der Waals surface area contributed by atoms with Gasteiger partial charge in [0.1, 0.15) is 5.75 Å². The minimum Gasteiger partial charge on any atom is -0.494 e. The predicted octanol–water partition coefficient (Wildman–Crippen LogP) is 5.33. The smallest absolute Gasteiger partial charge is 0.271 e. The first kappa shape index (κ1) is 20.2. The molecule has 0 aliphatic carbocycles. The van der Waals surface area contributed by atoms with Gasteiger partial charge in [0.25, 0.3) is 5.91 Å². The van der Waals surface area contributed by atoms with Gasteiger partial charge in [-0.15, -0.1) is 0 Å². The Kier molecular flexibility index (Phi) is 10.6. The number of carbonyl (C=O) groups is 1. The normalized spacial score (nSPS) is 10.3.